The van der Waals surface area contributed by atoms with E-state index in [1.54, 1.807) is 31.2 Å². The minimum absolute atomic E-state index is 0.122. The maximum Gasteiger partial charge on any atom is 0.229 e. The Hall–Kier alpha value is -3.37. The SMILES string of the molecule is Cc1ccc(C)c(S(=O)(=O)c2nnn3c2nc(Nc2ccc(F)cc2)c2sccc23)c1. The minimum atomic E-state index is -3.95. The van der Waals surface area contributed by atoms with E-state index in [1.165, 1.54) is 28.0 Å². The molecular weight excluding hydrogens is 437 g/mol. The fraction of sp³-hybridized carbons (Fsp3) is 0.0952. The summed E-state index contributed by atoms with van der Waals surface area (Å²) < 4.78 is 42.4. The highest BCUT2D eigenvalue weighted by Gasteiger charge is 2.28. The minimum Gasteiger partial charge on any atom is -0.339 e. The molecule has 0 saturated heterocycles. The summed E-state index contributed by atoms with van der Waals surface area (Å²) in [6.07, 6.45) is 0. The topological polar surface area (TPSA) is 89.2 Å². The van der Waals surface area contributed by atoms with Crippen molar-refractivity contribution < 1.29 is 12.8 Å². The van der Waals surface area contributed by atoms with Gasteiger partial charge in [0, 0.05) is 5.69 Å². The van der Waals surface area contributed by atoms with Crippen molar-refractivity contribution in [2.45, 2.75) is 23.8 Å². The summed E-state index contributed by atoms with van der Waals surface area (Å²) in [5, 5.41) is 12.9. The van der Waals surface area contributed by atoms with E-state index in [-0.39, 0.29) is 21.4 Å². The molecule has 3 aromatic heterocycles. The van der Waals surface area contributed by atoms with E-state index < -0.39 is 9.84 Å². The third-order valence-electron chi connectivity index (χ3n) is 4.92. The molecule has 2 aromatic carbocycles. The van der Waals surface area contributed by atoms with Crippen molar-refractivity contribution in [1.29, 1.82) is 0 Å². The molecule has 0 aliphatic heterocycles. The summed E-state index contributed by atoms with van der Waals surface area (Å²) in [6, 6.07) is 12.9. The van der Waals surface area contributed by atoms with E-state index in [2.05, 4.69) is 20.6 Å². The number of rotatable bonds is 4. The van der Waals surface area contributed by atoms with Gasteiger partial charge in [-0.25, -0.2) is 17.8 Å². The average molecular weight is 454 g/mol. The monoisotopic (exact) mass is 453 g/mol. The molecule has 156 valence electrons. The van der Waals surface area contributed by atoms with Crippen molar-refractivity contribution in [3.63, 3.8) is 0 Å². The van der Waals surface area contributed by atoms with Crippen molar-refractivity contribution in [2.24, 2.45) is 0 Å². The van der Waals surface area contributed by atoms with Gasteiger partial charge in [-0.1, -0.05) is 17.3 Å². The Morgan fingerprint density at radius 3 is 2.61 bits per heavy atom. The third-order valence-corrected chi connectivity index (χ3v) is 7.62. The Kier molecular flexibility index (Phi) is 4.49. The molecule has 0 amide bonds. The fourth-order valence-corrected chi connectivity index (χ4v) is 5.73. The summed E-state index contributed by atoms with van der Waals surface area (Å²) in [5.74, 6) is 0.0981. The molecule has 0 unspecified atom stereocenters. The van der Waals surface area contributed by atoms with E-state index in [0.717, 1.165) is 10.3 Å². The van der Waals surface area contributed by atoms with Gasteiger partial charge in [-0.2, -0.15) is 4.52 Å². The largest absolute Gasteiger partial charge is 0.339 e. The average Bonchev–Trinajstić information content (AvgIpc) is 3.38. The first-order valence-electron chi connectivity index (χ1n) is 9.32. The Bertz CT molecular complexity index is 1560. The molecule has 0 fully saturated rings. The van der Waals surface area contributed by atoms with Crippen LogP contribution in [-0.4, -0.2) is 28.2 Å². The lowest BCUT2D eigenvalue weighted by atomic mass is 10.2. The predicted molar refractivity (Wildman–Crippen MR) is 117 cm³/mol. The second-order valence-corrected chi connectivity index (χ2v) is 9.88. The molecule has 3 heterocycles. The number of thiophene rings is 1. The van der Waals surface area contributed by atoms with Crippen LogP contribution >= 0.6 is 11.3 Å². The quantitative estimate of drug-likeness (QED) is 0.425. The van der Waals surface area contributed by atoms with Crippen molar-refractivity contribution in [2.75, 3.05) is 5.32 Å². The number of hydrogen-bond acceptors (Lipinski definition) is 7. The lowest BCUT2D eigenvalue weighted by molar-refractivity contribution is 0.592. The predicted octanol–water partition coefficient (Wildman–Crippen LogP) is 4.67. The summed E-state index contributed by atoms with van der Waals surface area (Å²) >= 11 is 1.43. The van der Waals surface area contributed by atoms with Crippen LogP contribution in [0.4, 0.5) is 15.9 Å². The van der Waals surface area contributed by atoms with E-state index in [1.807, 2.05) is 24.4 Å². The Morgan fingerprint density at radius 1 is 1.06 bits per heavy atom. The molecule has 0 saturated carbocycles. The van der Waals surface area contributed by atoms with E-state index in [4.69, 9.17) is 0 Å². The number of halogens is 1. The molecule has 0 bridgehead atoms. The van der Waals surface area contributed by atoms with Gasteiger partial charge in [0.15, 0.2) is 11.5 Å². The van der Waals surface area contributed by atoms with E-state index >= 15 is 0 Å². The fourth-order valence-electron chi connectivity index (χ4n) is 3.35. The highest BCUT2D eigenvalue weighted by Crippen LogP contribution is 2.33. The van der Waals surface area contributed by atoms with Crippen molar-refractivity contribution in [1.82, 2.24) is 19.8 Å². The van der Waals surface area contributed by atoms with Crippen LogP contribution in [0.5, 0.6) is 0 Å². The molecule has 1 N–H and O–H groups in total. The number of aryl methyl sites for hydroxylation is 2. The van der Waals surface area contributed by atoms with Gasteiger partial charge in [-0.05, 0) is 66.8 Å². The molecule has 31 heavy (non-hydrogen) atoms. The van der Waals surface area contributed by atoms with Crippen molar-refractivity contribution in [3.8, 4) is 0 Å². The lowest BCUT2D eigenvalue weighted by Crippen LogP contribution is -2.07. The molecule has 0 atom stereocenters. The van der Waals surface area contributed by atoms with Crippen LogP contribution in [0.2, 0.25) is 0 Å². The summed E-state index contributed by atoms with van der Waals surface area (Å²) in [7, 11) is -3.95. The van der Waals surface area contributed by atoms with Crippen LogP contribution in [0.25, 0.3) is 15.9 Å². The first-order chi connectivity index (χ1) is 14.8. The zero-order chi connectivity index (χ0) is 21.8. The van der Waals surface area contributed by atoms with Gasteiger partial charge in [0.05, 0.1) is 15.1 Å². The zero-order valence-electron chi connectivity index (χ0n) is 16.5. The van der Waals surface area contributed by atoms with Crippen LogP contribution in [0.1, 0.15) is 11.1 Å². The number of nitrogens with one attached hydrogen (secondary N) is 1. The first-order valence-corrected chi connectivity index (χ1v) is 11.7. The molecule has 0 aliphatic carbocycles. The zero-order valence-corrected chi connectivity index (χ0v) is 18.1. The second kappa shape index (κ2) is 7.10. The van der Waals surface area contributed by atoms with Gasteiger partial charge in [0.25, 0.3) is 0 Å². The Morgan fingerprint density at radius 2 is 1.84 bits per heavy atom. The van der Waals surface area contributed by atoms with Crippen LogP contribution in [0.15, 0.2) is 63.8 Å². The van der Waals surface area contributed by atoms with Crippen LogP contribution in [-0.2, 0) is 9.84 Å². The first kappa shape index (κ1) is 19.6. The second-order valence-electron chi connectivity index (χ2n) is 7.13. The smallest absolute Gasteiger partial charge is 0.229 e. The summed E-state index contributed by atoms with van der Waals surface area (Å²) in [5.41, 5.74) is 2.87. The molecule has 0 aliphatic rings. The normalized spacial score (nSPS) is 12.0. The maximum atomic E-state index is 13.4. The maximum absolute atomic E-state index is 13.4. The Labute approximate surface area is 181 Å². The van der Waals surface area contributed by atoms with E-state index in [9.17, 15) is 12.8 Å². The van der Waals surface area contributed by atoms with Gasteiger partial charge in [-0.3, -0.25) is 0 Å². The third kappa shape index (κ3) is 3.24. The lowest BCUT2D eigenvalue weighted by Gasteiger charge is -2.09. The molecule has 0 spiro atoms. The molecule has 0 radical (unpaired) electrons. The van der Waals surface area contributed by atoms with Crippen molar-refractivity contribution >= 4 is 48.5 Å². The highest BCUT2D eigenvalue weighted by atomic mass is 32.2. The Balaban J connectivity index is 1.72. The number of fused-ring (bicyclic) bond motifs is 3. The van der Waals surface area contributed by atoms with Gasteiger partial charge in [0.2, 0.25) is 14.9 Å². The number of benzene rings is 2. The molecule has 10 heteroatoms. The summed E-state index contributed by atoms with van der Waals surface area (Å²) in [6.45, 7) is 3.57. The van der Waals surface area contributed by atoms with Gasteiger partial charge in [0.1, 0.15) is 5.82 Å². The van der Waals surface area contributed by atoms with Crippen LogP contribution in [0.3, 0.4) is 0 Å². The number of hydrogen-bond donors (Lipinski definition) is 1. The van der Waals surface area contributed by atoms with Gasteiger partial charge in [-0.15, -0.1) is 16.4 Å². The van der Waals surface area contributed by atoms with Crippen LogP contribution in [0, 0.1) is 19.7 Å². The molecule has 7 nitrogen and oxygen atoms in total. The van der Waals surface area contributed by atoms with Gasteiger partial charge < -0.3 is 5.32 Å². The van der Waals surface area contributed by atoms with Crippen molar-refractivity contribution in [3.05, 3.63) is 70.9 Å². The number of sulfone groups is 1. The molecule has 5 aromatic rings. The molecule has 5 rings (SSSR count). The molecular formula is C21H16FN5O2S2. The number of anilines is 2. The number of aromatic nitrogens is 4. The summed E-state index contributed by atoms with van der Waals surface area (Å²) in [4.78, 5) is 4.74. The van der Waals surface area contributed by atoms with E-state index in [0.29, 0.717) is 22.6 Å². The van der Waals surface area contributed by atoms with Crippen LogP contribution < -0.4 is 5.32 Å². The highest BCUT2D eigenvalue weighted by molar-refractivity contribution is 7.91. The number of nitrogens with zero attached hydrogens (tertiary/aromatic N) is 4. The standard InChI is InChI=1S/C21H16FN5O2S2/c1-12-3-4-13(2)17(11-12)31(28,29)21-20-24-19(23-15-7-5-14(22)6-8-15)18-16(9-10-30-18)27(20)26-25-21/h3-11H,1-2H3,(H,23,24). The van der Waals surface area contributed by atoms with Gasteiger partial charge >= 0.3 is 0 Å².